The number of Topliss-reactive ketones (excluding diaryl/α,β-unsaturated/α-hetero) is 1. The van der Waals surface area contributed by atoms with E-state index < -0.39 is 17.7 Å². The molecule has 0 aliphatic carbocycles. The molecule has 0 spiro atoms. The minimum Gasteiger partial charge on any atom is -0.495 e. The van der Waals surface area contributed by atoms with Crippen LogP contribution in [0.1, 0.15) is 12.5 Å². The van der Waals surface area contributed by atoms with Gasteiger partial charge in [0.15, 0.2) is 11.6 Å². The van der Waals surface area contributed by atoms with Crippen molar-refractivity contribution < 1.29 is 14.3 Å². The van der Waals surface area contributed by atoms with Crippen molar-refractivity contribution in [2.75, 3.05) is 12.4 Å². The molecule has 0 fully saturated rings. The van der Waals surface area contributed by atoms with Gasteiger partial charge in [-0.2, -0.15) is 20.2 Å². The standard InChI is InChI=1S/C19H16N8O3/c1-12(28)16(18(29)24-14-6-3-4-7-15(14)30-2)25-26-17-13(10-20)11-23-27(17)19-21-8-5-9-22-19/h3-9,11,16H,1-2H3,(H,24,29). The number of hydrogen-bond acceptors (Lipinski definition) is 9. The molecule has 0 saturated carbocycles. The van der Waals surface area contributed by atoms with Gasteiger partial charge in [-0.3, -0.25) is 9.59 Å². The number of hydrogen-bond donors (Lipinski definition) is 1. The Labute approximate surface area is 171 Å². The SMILES string of the molecule is COc1ccccc1NC(=O)C(N=Nc1c(C#N)cnn1-c1ncccn1)C(C)=O. The quantitative estimate of drug-likeness (QED) is 0.469. The number of nitrogens with one attached hydrogen (secondary N) is 1. The molecule has 150 valence electrons. The van der Waals surface area contributed by atoms with E-state index in [9.17, 15) is 14.9 Å². The van der Waals surface area contributed by atoms with Gasteiger partial charge in [0.05, 0.1) is 19.0 Å². The fourth-order valence-corrected chi connectivity index (χ4v) is 2.44. The zero-order valence-electron chi connectivity index (χ0n) is 16.1. The minimum atomic E-state index is -1.44. The van der Waals surface area contributed by atoms with Crippen LogP contribution in [0.5, 0.6) is 5.75 Å². The Balaban J connectivity index is 1.91. The van der Waals surface area contributed by atoms with E-state index in [0.29, 0.717) is 11.4 Å². The molecule has 0 aliphatic rings. The molecule has 0 aliphatic heterocycles. The van der Waals surface area contributed by atoms with Crippen molar-refractivity contribution in [1.82, 2.24) is 19.7 Å². The number of para-hydroxylation sites is 2. The molecule has 30 heavy (non-hydrogen) atoms. The summed E-state index contributed by atoms with van der Waals surface area (Å²) in [5.74, 6) is -0.648. The molecule has 1 N–H and O–H groups in total. The molecular weight excluding hydrogens is 388 g/mol. The number of carbonyl (C=O) groups excluding carboxylic acids is 2. The summed E-state index contributed by atoms with van der Waals surface area (Å²) in [5, 5.41) is 23.8. The lowest BCUT2D eigenvalue weighted by atomic mass is 10.2. The lowest BCUT2D eigenvalue weighted by molar-refractivity contribution is -0.126. The van der Waals surface area contributed by atoms with Gasteiger partial charge in [0, 0.05) is 12.4 Å². The van der Waals surface area contributed by atoms with Crippen molar-refractivity contribution in [3.63, 3.8) is 0 Å². The van der Waals surface area contributed by atoms with Crippen LogP contribution < -0.4 is 10.1 Å². The highest BCUT2D eigenvalue weighted by Gasteiger charge is 2.25. The summed E-state index contributed by atoms with van der Waals surface area (Å²) in [6, 6.07) is 8.84. The molecule has 11 heteroatoms. The number of methoxy groups -OCH3 is 1. The van der Waals surface area contributed by atoms with E-state index in [1.54, 1.807) is 30.3 Å². The average molecular weight is 404 g/mol. The summed E-state index contributed by atoms with van der Waals surface area (Å²) in [6.45, 7) is 1.22. The minimum absolute atomic E-state index is 0.0000386. The second-order valence-electron chi connectivity index (χ2n) is 5.87. The van der Waals surface area contributed by atoms with Crippen LogP contribution >= 0.6 is 0 Å². The van der Waals surface area contributed by atoms with Crippen molar-refractivity contribution in [2.24, 2.45) is 10.2 Å². The van der Waals surface area contributed by atoms with Gasteiger partial charge < -0.3 is 10.1 Å². The lowest BCUT2D eigenvalue weighted by Crippen LogP contribution is -2.32. The van der Waals surface area contributed by atoms with Gasteiger partial charge in [0.25, 0.3) is 11.9 Å². The Morgan fingerprint density at radius 3 is 2.63 bits per heavy atom. The molecule has 1 amide bonds. The molecule has 0 radical (unpaired) electrons. The monoisotopic (exact) mass is 404 g/mol. The summed E-state index contributed by atoms with van der Waals surface area (Å²) < 4.78 is 6.38. The topological polar surface area (TPSA) is 148 Å². The number of aromatic nitrogens is 4. The van der Waals surface area contributed by atoms with Gasteiger partial charge in [-0.1, -0.05) is 12.1 Å². The Morgan fingerprint density at radius 1 is 1.23 bits per heavy atom. The van der Waals surface area contributed by atoms with Crippen LogP contribution in [0.25, 0.3) is 5.95 Å². The summed E-state index contributed by atoms with van der Waals surface area (Å²) in [7, 11) is 1.46. The molecule has 2 aromatic heterocycles. The smallest absolute Gasteiger partial charge is 0.258 e. The molecule has 1 unspecified atom stereocenters. The normalized spacial score (nSPS) is 11.6. The second-order valence-corrected chi connectivity index (χ2v) is 5.87. The van der Waals surface area contributed by atoms with Gasteiger partial charge in [-0.15, -0.1) is 5.11 Å². The predicted octanol–water partition coefficient (Wildman–Crippen LogP) is 2.22. The maximum absolute atomic E-state index is 12.6. The molecule has 1 aromatic carbocycles. The Bertz CT molecular complexity index is 1130. The summed E-state index contributed by atoms with van der Waals surface area (Å²) in [4.78, 5) is 32.8. The fourth-order valence-electron chi connectivity index (χ4n) is 2.44. The predicted molar refractivity (Wildman–Crippen MR) is 104 cm³/mol. The first kappa shape index (κ1) is 20.3. The zero-order valence-corrected chi connectivity index (χ0v) is 16.1. The van der Waals surface area contributed by atoms with Crippen LogP contribution in [0.2, 0.25) is 0 Å². The molecule has 3 aromatic rings. The summed E-state index contributed by atoms with van der Waals surface area (Å²) >= 11 is 0. The number of carbonyl (C=O) groups is 2. The van der Waals surface area contributed by atoms with Crippen molar-refractivity contribution in [3.8, 4) is 17.8 Å². The highest BCUT2D eigenvalue weighted by molar-refractivity contribution is 6.10. The van der Waals surface area contributed by atoms with E-state index >= 15 is 0 Å². The van der Waals surface area contributed by atoms with Crippen LogP contribution in [0.3, 0.4) is 0 Å². The fraction of sp³-hybridized carbons (Fsp3) is 0.158. The molecule has 2 heterocycles. The Hall–Kier alpha value is -4.46. The van der Waals surface area contributed by atoms with Crippen molar-refractivity contribution in [3.05, 3.63) is 54.5 Å². The highest BCUT2D eigenvalue weighted by atomic mass is 16.5. The van der Waals surface area contributed by atoms with Crippen molar-refractivity contribution in [1.29, 1.82) is 5.26 Å². The lowest BCUT2D eigenvalue weighted by Gasteiger charge is -2.12. The number of nitriles is 1. The van der Waals surface area contributed by atoms with E-state index in [2.05, 4.69) is 30.6 Å². The van der Waals surface area contributed by atoms with E-state index in [1.165, 1.54) is 37.3 Å². The van der Waals surface area contributed by atoms with Gasteiger partial charge in [0.2, 0.25) is 6.04 Å². The van der Waals surface area contributed by atoms with Crippen LogP contribution in [-0.2, 0) is 9.59 Å². The van der Waals surface area contributed by atoms with Crippen LogP contribution in [0.15, 0.2) is 59.2 Å². The largest absolute Gasteiger partial charge is 0.495 e. The van der Waals surface area contributed by atoms with Gasteiger partial charge >= 0.3 is 0 Å². The second kappa shape index (κ2) is 9.16. The van der Waals surface area contributed by atoms with E-state index in [1.807, 2.05) is 6.07 Å². The number of amides is 1. The average Bonchev–Trinajstić information content (AvgIpc) is 3.17. The summed E-state index contributed by atoms with van der Waals surface area (Å²) in [6.07, 6.45) is 4.26. The number of anilines is 1. The van der Waals surface area contributed by atoms with Crippen LogP contribution in [0.4, 0.5) is 11.5 Å². The number of ether oxygens (including phenoxy) is 1. The summed E-state index contributed by atoms with van der Waals surface area (Å²) in [5.41, 5.74) is 0.463. The molecule has 0 bridgehead atoms. The maximum atomic E-state index is 12.6. The highest BCUT2D eigenvalue weighted by Crippen LogP contribution is 2.24. The number of benzene rings is 1. The molecular formula is C19H16N8O3. The van der Waals surface area contributed by atoms with Crippen LogP contribution in [0, 0.1) is 11.3 Å². The maximum Gasteiger partial charge on any atom is 0.258 e. The van der Waals surface area contributed by atoms with Crippen LogP contribution in [-0.4, -0.2) is 44.6 Å². The van der Waals surface area contributed by atoms with Gasteiger partial charge in [-0.05, 0) is 25.1 Å². The first-order valence-corrected chi connectivity index (χ1v) is 8.66. The number of ketones is 1. The zero-order chi connectivity index (χ0) is 21.5. The molecule has 0 saturated heterocycles. The van der Waals surface area contributed by atoms with Gasteiger partial charge in [0.1, 0.15) is 17.4 Å². The van der Waals surface area contributed by atoms with E-state index in [-0.39, 0.29) is 17.3 Å². The first-order valence-electron chi connectivity index (χ1n) is 8.66. The number of nitrogens with zero attached hydrogens (tertiary/aromatic N) is 7. The third kappa shape index (κ3) is 4.33. The molecule has 3 rings (SSSR count). The number of rotatable bonds is 7. The first-order chi connectivity index (χ1) is 14.5. The van der Waals surface area contributed by atoms with E-state index in [0.717, 1.165) is 0 Å². The van der Waals surface area contributed by atoms with Crippen molar-refractivity contribution in [2.45, 2.75) is 13.0 Å². The van der Waals surface area contributed by atoms with Gasteiger partial charge in [-0.25, -0.2) is 9.97 Å². The third-order valence-corrected chi connectivity index (χ3v) is 3.87. The molecule has 11 nitrogen and oxygen atoms in total. The number of azo groups is 1. The Morgan fingerprint density at radius 2 is 1.97 bits per heavy atom. The third-order valence-electron chi connectivity index (χ3n) is 3.87. The van der Waals surface area contributed by atoms with Crippen molar-refractivity contribution >= 4 is 23.2 Å². The Kier molecular flexibility index (Phi) is 6.19. The molecule has 1 atom stereocenters. The van der Waals surface area contributed by atoms with E-state index in [4.69, 9.17) is 4.74 Å².